The maximum Gasteiger partial charge on any atom is 0.452 e. The van der Waals surface area contributed by atoms with Crippen LogP contribution in [0.4, 0.5) is 13.2 Å². The lowest BCUT2D eigenvalue weighted by Gasteiger charge is -2.31. The molecule has 1 aliphatic heterocycles. The smallest absolute Gasteiger partial charge is 0.344 e. The van der Waals surface area contributed by atoms with Gasteiger partial charge in [0, 0.05) is 17.8 Å². The third-order valence-electron chi connectivity index (χ3n) is 6.88. The molecule has 0 bridgehead atoms. The van der Waals surface area contributed by atoms with E-state index in [1.807, 2.05) is 0 Å². The van der Waals surface area contributed by atoms with Crippen molar-refractivity contribution in [2.75, 3.05) is 6.54 Å². The van der Waals surface area contributed by atoms with Gasteiger partial charge in [-0.2, -0.15) is 18.3 Å². The number of aryl methyl sites for hydroxylation is 1. The number of nitrogens with zero attached hydrogens (tertiary/aromatic N) is 3. The molecule has 9 nitrogen and oxygen atoms in total. The molecule has 2 aromatic rings. The molecule has 1 saturated heterocycles. The van der Waals surface area contributed by atoms with Gasteiger partial charge in [-0.3, -0.25) is 19.2 Å². The van der Waals surface area contributed by atoms with Gasteiger partial charge in [-0.25, -0.2) is 4.68 Å². The van der Waals surface area contributed by atoms with Crippen molar-refractivity contribution in [3.63, 3.8) is 0 Å². The Morgan fingerprint density at radius 2 is 1.66 bits per heavy atom. The average Bonchev–Trinajstić information content (AvgIpc) is 3.52. The summed E-state index contributed by atoms with van der Waals surface area (Å²) in [6.07, 6.45) is -3.04. The van der Waals surface area contributed by atoms with Gasteiger partial charge in [-0.05, 0) is 49.8 Å². The summed E-state index contributed by atoms with van der Waals surface area (Å²) >= 11 is 12.3. The highest BCUT2D eigenvalue weighted by atomic mass is 35.5. The first-order valence-electron chi connectivity index (χ1n) is 13.1. The second-order valence-corrected chi connectivity index (χ2v) is 11.5. The predicted octanol–water partition coefficient (Wildman–Crippen LogP) is 4.51. The van der Waals surface area contributed by atoms with Crippen molar-refractivity contribution in [3.05, 3.63) is 45.7 Å². The van der Waals surface area contributed by atoms with Crippen molar-refractivity contribution in [3.8, 4) is 5.69 Å². The highest BCUT2D eigenvalue weighted by Crippen LogP contribution is 2.26. The number of hydrogen-bond donors (Lipinski definition) is 2. The Balaban J connectivity index is 1.79. The lowest BCUT2D eigenvalue weighted by atomic mass is 9.98. The summed E-state index contributed by atoms with van der Waals surface area (Å²) in [7, 11) is 0. The third kappa shape index (κ3) is 7.40. The molecule has 1 aromatic heterocycles. The maximum absolute atomic E-state index is 13.6. The summed E-state index contributed by atoms with van der Waals surface area (Å²) in [4.78, 5) is 53.1. The van der Waals surface area contributed by atoms with Crippen LogP contribution in [-0.2, 0) is 14.4 Å². The van der Waals surface area contributed by atoms with Crippen molar-refractivity contribution in [1.82, 2.24) is 25.3 Å². The van der Waals surface area contributed by atoms with Crippen LogP contribution in [0.3, 0.4) is 0 Å². The topological polar surface area (TPSA) is 113 Å². The number of rotatable bonds is 9. The summed E-state index contributed by atoms with van der Waals surface area (Å²) < 4.78 is 40.7. The number of halogens is 5. The molecule has 0 aliphatic carbocycles. The number of carbonyl (C=O) groups is 4. The Kier molecular flexibility index (Phi) is 10.1. The SMILES string of the molecule is Cc1nn(-c2cc(Cl)ccc2Cl)cc1C(=O)N[C@H](C(=O)N1CCC[C@H]1C(=O)N[C@H](C(=O)C(F)(F)F)C(C)C)C(C)C. The number of nitrogens with one attached hydrogen (secondary N) is 2. The number of carbonyl (C=O) groups excluding carboxylic acids is 4. The lowest BCUT2D eigenvalue weighted by Crippen LogP contribution is -2.58. The maximum atomic E-state index is 13.6. The van der Waals surface area contributed by atoms with Crippen LogP contribution in [0.2, 0.25) is 10.0 Å². The van der Waals surface area contributed by atoms with Crippen LogP contribution < -0.4 is 10.6 Å². The standard InChI is InChI=1S/C27H32Cl2F3N5O4/c1-13(2)21(23(38)27(30,31)32)33-25(40)19-7-6-10-36(19)26(41)22(14(3)4)34-24(39)17-12-37(35-15(17)5)20-11-16(28)8-9-18(20)29/h8-9,11-14,19,21-22H,6-7,10H2,1-5H3,(H,33,40)(H,34,39)/t19-,21-,22-/m0/s1. The zero-order valence-electron chi connectivity index (χ0n) is 23.2. The summed E-state index contributed by atoms with van der Waals surface area (Å²) in [6, 6.07) is 0.869. The van der Waals surface area contributed by atoms with E-state index in [2.05, 4.69) is 15.7 Å². The van der Waals surface area contributed by atoms with Crippen molar-refractivity contribution >= 4 is 46.7 Å². The minimum absolute atomic E-state index is 0.166. The number of Topliss-reactive ketones (excluding diaryl/α,β-unsaturated/α-hetero) is 1. The van der Waals surface area contributed by atoms with Gasteiger partial charge < -0.3 is 15.5 Å². The van der Waals surface area contributed by atoms with Crippen molar-refractivity contribution in [2.24, 2.45) is 11.8 Å². The van der Waals surface area contributed by atoms with E-state index in [0.717, 1.165) is 0 Å². The quantitative estimate of drug-likeness (QED) is 0.430. The number of amides is 3. The van der Waals surface area contributed by atoms with Gasteiger partial charge in [0.2, 0.25) is 11.8 Å². The van der Waals surface area contributed by atoms with Crippen LogP contribution in [0, 0.1) is 18.8 Å². The molecule has 2 heterocycles. The van der Waals surface area contributed by atoms with Crippen LogP contribution in [0.5, 0.6) is 0 Å². The molecule has 0 saturated carbocycles. The van der Waals surface area contributed by atoms with Gasteiger partial charge in [-0.15, -0.1) is 0 Å². The van der Waals surface area contributed by atoms with E-state index in [1.165, 1.54) is 29.6 Å². The minimum Gasteiger partial charge on any atom is -0.344 e. The number of hydrogen-bond acceptors (Lipinski definition) is 5. The third-order valence-corrected chi connectivity index (χ3v) is 7.44. The molecule has 1 aliphatic rings. The van der Waals surface area contributed by atoms with E-state index in [9.17, 15) is 32.3 Å². The first-order chi connectivity index (χ1) is 19.0. The Morgan fingerprint density at radius 3 is 2.24 bits per heavy atom. The normalized spacial score (nSPS) is 17.1. The van der Waals surface area contributed by atoms with E-state index in [-0.39, 0.29) is 18.5 Å². The van der Waals surface area contributed by atoms with Crippen molar-refractivity contribution in [2.45, 2.75) is 71.8 Å². The van der Waals surface area contributed by atoms with Crippen LogP contribution >= 0.6 is 23.2 Å². The Morgan fingerprint density at radius 1 is 1.02 bits per heavy atom. The molecule has 1 fully saturated rings. The average molecular weight is 618 g/mol. The molecule has 0 radical (unpaired) electrons. The molecular formula is C27H32Cl2F3N5O4. The van der Waals surface area contributed by atoms with Crippen LogP contribution in [0.15, 0.2) is 24.4 Å². The summed E-state index contributed by atoms with van der Waals surface area (Å²) in [5.74, 6) is -5.28. The fourth-order valence-electron chi connectivity index (χ4n) is 4.64. The molecule has 3 atom stereocenters. The van der Waals surface area contributed by atoms with Crippen molar-refractivity contribution in [1.29, 1.82) is 0 Å². The fraction of sp³-hybridized carbons (Fsp3) is 0.519. The van der Waals surface area contributed by atoms with Gasteiger partial charge in [0.1, 0.15) is 12.1 Å². The molecule has 3 rings (SSSR count). The molecular weight excluding hydrogens is 586 g/mol. The molecule has 3 amide bonds. The number of ketones is 1. The Labute approximate surface area is 245 Å². The first kappa shape index (κ1) is 32.4. The second-order valence-electron chi connectivity index (χ2n) is 10.6. The largest absolute Gasteiger partial charge is 0.452 e. The van der Waals surface area contributed by atoms with E-state index in [4.69, 9.17) is 23.2 Å². The van der Waals surface area contributed by atoms with Crippen molar-refractivity contribution < 1.29 is 32.3 Å². The predicted molar refractivity (Wildman–Crippen MR) is 147 cm³/mol. The zero-order chi connectivity index (χ0) is 30.8. The van der Waals surface area contributed by atoms with Gasteiger partial charge in [0.05, 0.1) is 28.0 Å². The number of likely N-dealkylation sites (tertiary alicyclic amines) is 1. The van der Waals surface area contributed by atoms with E-state index in [0.29, 0.717) is 27.8 Å². The summed E-state index contributed by atoms with van der Waals surface area (Å²) in [6.45, 7) is 7.99. The molecule has 224 valence electrons. The van der Waals surface area contributed by atoms with E-state index < -0.39 is 59.6 Å². The van der Waals surface area contributed by atoms with Crippen LogP contribution in [0.1, 0.15) is 56.6 Å². The highest BCUT2D eigenvalue weighted by molar-refractivity contribution is 6.34. The molecule has 0 spiro atoms. The Bertz CT molecular complexity index is 1330. The lowest BCUT2D eigenvalue weighted by molar-refractivity contribution is -0.175. The van der Waals surface area contributed by atoms with E-state index >= 15 is 0 Å². The molecule has 41 heavy (non-hydrogen) atoms. The fourth-order valence-corrected chi connectivity index (χ4v) is 5.01. The minimum atomic E-state index is -5.12. The monoisotopic (exact) mass is 617 g/mol. The summed E-state index contributed by atoms with van der Waals surface area (Å²) in [5, 5.41) is 10.0. The molecule has 14 heteroatoms. The van der Waals surface area contributed by atoms with Crippen LogP contribution in [-0.4, -0.2) is 69.0 Å². The molecule has 0 unspecified atom stereocenters. The van der Waals surface area contributed by atoms with Gasteiger partial charge in [0.15, 0.2) is 0 Å². The summed E-state index contributed by atoms with van der Waals surface area (Å²) in [5.41, 5.74) is 0.994. The highest BCUT2D eigenvalue weighted by Gasteiger charge is 2.46. The van der Waals surface area contributed by atoms with Crippen LogP contribution in [0.25, 0.3) is 5.69 Å². The number of alkyl halides is 3. The zero-order valence-corrected chi connectivity index (χ0v) is 24.7. The second kappa shape index (κ2) is 12.8. The Hall–Kier alpha value is -3.12. The van der Waals surface area contributed by atoms with Gasteiger partial charge in [-0.1, -0.05) is 50.9 Å². The van der Waals surface area contributed by atoms with E-state index in [1.54, 1.807) is 39.0 Å². The number of aromatic nitrogens is 2. The van der Waals surface area contributed by atoms with Gasteiger partial charge >= 0.3 is 6.18 Å². The molecule has 1 aromatic carbocycles. The molecule has 2 N–H and O–H groups in total. The van der Waals surface area contributed by atoms with Gasteiger partial charge in [0.25, 0.3) is 11.7 Å². The first-order valence-corrected chi connectivity index (χ1v) is 13.8. The number of benzene rings is 1.